The fourth-order valence-corrected chi connectivity index (χ4v) is 2.95. The van der Waals surface area contributed by atoms with Crippen molar-refractivity contribution in [2.75, 3.05) is 0 Å². The van der Waals surface area contributed by atoms with Crippen molar-refractivity contribution in [2.45, 2.75) is 38.0 Å². The number of carbonyl (C=O) groups excluding carboxylic acids is 1. The number of carbonyl (C=O) groups is 1. The summed E-state index contributed by atoms with van der Waals surface area (Å²) >= 11 is 0. The molecule has 1 nitrogen and oxygen atoms in total. The van der Waals surface area contributed by atoms with Crippen molar-refractivity contribution < 1.29 is 31.1 Å². The number of hydrogen-bond donors (Lipinski definition) is 0. The van der Waals surface area contributed by atoms with Crippen LogP contribution < -0.4 is 0 Å². The Hall–Kier alpha value is -2.31. The molecule has 0 heterocycles. The first-order valence-electron chi connectivity index (χ1n) is 7.80. The van der Waals surface area contributed by atoms with E-state index in [1.54, 1.807) is 0 Å². The summed E-state index contributed by atoms with van der Waals surface area (Å²) in [6.07, 6.45) is -9.31. The Balaban J connectivity index is 2.42. The van der Waals surface area contributed by atoms with Gasteiger partial charge in [0, 0.05) is 11.8 Å². The van der Waals surface area contributed by atoms with Crippen molar-refractivity contribution in [1.82, 2.24) is 0 Å². The summed E-state index contributed by atoms with van der Waals surface area (Å²) in [5.41, 5.74) is -2.42. The fraction of sp³-hybridized carbons (Fsp3) is 0.316. The molecule has 140 valence electrons. The highest BCUT2D eigenvalue weighted by Crippen LogP contribution is 2.39. The summed E-state index contributed by atoms with van der Waals surface area (Å²) in [5, 5.41) is 0. The van der Waals surface area contributed by atoms with Crippen molar-refractivity contribution in [3.05, 3.63) is 70.8 Å². The molecule has 0 aliphatic carbocycles. The zero-order valence-electron chi connectivity index (χ0n) is 13.9. The lowest BCUT2D eigenvalue weighted by Crippen LogP contribution is -2.22. The quantitative estimate of drug-likeness (QED) is 0.582. The molecule has 2 atom stereocenters. The lowest BCUT2D eigenvalue weighted by Gasteiger charge is -2.22. The van der Waals surface area contributed by atoms with E-state index in [0.717, 1.165) is 12.1 Å². The van der Waals surface area contributed by atoms with Gasteiger partial charge >= 0.3 is 12.4 Å². The Morgan fingerprint density at radius 2 is 1.00 bits per heavy atom. The summed E-state index contributed by atoms with van der Waals surface area (Å²) in [5.74, 6) is -3.12. The van der Waals surface area contributed by atoms with Crippen LogP contribution in [0.2, 0.25) is 0 Å². The molecule has 0 radical (unpaired) electrons. The first-order chi connectivity index (χ1) is 11.9. The minimum Gasteiger partial charge on any atom is -0.298 e. The molecular weight excluding hydrogens is 358 g/mol. The third-order valence-electron chi connectivity index (χ3n) is 4.32. The van der Waals surface area contributed by atoms with Crippen LogP contribution in [0.3, 0.4) is 0 Å². The van der Waals surface area contributed by atoms with Crippen molar-refractivity contribution >= 4 is 5.78 Å². The molecule has 0 amide bonds. The van der Waals surface area contributed by atoms with Crippen LogP contribution in [0.5, 0.6) is 0 Å². The van der Waals surface area contributed by atoms with Gasteiger partial charge in [-0.05, 0) is 23.3 Å². The molecule has 26 heavy (non-hydrogen) atoms. The Morgan fingerprint density at radius 1 is 0.692 bits per heavy atom. The average molecular weight is 374 g/mol. The van der Waals surface area contributed by atoms with E-state index >= 15 is 0 Å². The van der Waals surface area contributed by atoms with Crippen LogP contribution in [-0.2, 0) is 17.1 Å². The summed E-state index contributed by atoms with van der Waals surface area (Å²) in [7, 11) is 0. The maximum atomic E-state index is 13.2. The fourth-order valence-electron chi connectivity index (χ4n) is 2.95. The van der Waals surface area contributed by atoms with Crippen LogP contribution in [0.4, 0.5) is 26.3 Å². The second-order valence-corrected chi connectivity index (χ2v) is 6.02. The van der Waals surface area contributed by atoms with Gasteiger partial charge in [0.25, 0.3) is 0 Å². The second kappa shape index (κ2) is 7.13. The molecule has 2 aromatic rings. The largest absolute Gasteiger partial charge is 0.416 e. The Bertz CT molecular complexity index is 726. The van der Waals surface area contributed by atoms with Crippen LogP contribution >= 0.6 is 0 Å². The third-order valence-corrected chi connectivity index (χ3v) is 4.32. The van der Waals surface area contributed by atoms with E-state index in [9.17, 15) is 31.1 Å². The van der Waals surface area contributed by atoms with Gasteiger partial charge in [-0.15, -0.1) is 0 Å². The lowest BCUT2D eigenvalue weighted by atomic mass is 9.82. The molecule has 2 aromatic carbocycles. The molecule has 0 aromatic heterocycles. The summed E-state index contributed by atoms with van der Waals surface area (Å²) in [6.45, 7) is 2.55. The SMILES string of the molecule is CC(C(=O)C(C)c1ccccc1C(F)(F)F)c1ccccc1C(F)(F)F. The van der Waals surface area contributed by atoms with Crippen LogP contribution in [0.1, 0.15) is 47.9 Å². The summed E-state index contributed by atoms with van der Waals surface area (Å²) < 4.78 is 78.9. The van der Waals surface area contributed by atoms with E-state index in [1.165, 1.54) is 50.2 Å². The first-order valence-corrected chi connectivity index (χ1v) is 7.80. The maximum Gasteiger partial charge on any atom is 0.416 e. The molecule has 0 spiro atoms. The molecule has 0 bridgehead atoms. The molecule has 0 fully saturated rings. The molecule has 0 aliphatic rings. The van der Waals surface area contributed by atoms with Gasteiger partial charge in [-0.3, -0.25) is 4.79 Å². The van der Waals surface area contributed by atoms with Gasteiger partial charge in [0.15, 0.2) is 0 Å². The van der Waals surface area contributed by atoms with Crippen LogP contribution in [0.25, 0.3) is 0 Å². The van der Waals surface area contributed by atoms with E-state index in [2.05, 4.69) is 0 Å². The zero-order valence-corrected chi connectivity index (χ0v) is 13.9. The van der Waals surface area contributed by atoms with Gasteiger partial charge in [-0.2, -0.15) is 26.3 Å². The molecule has 0 saturated carbocycles. The van der Waals surface area contributed by atoms with Gasteiger partial charge < -0.3 is 0 Å². The summed E-state index contributed by atoms with van der Waals surface area (Å²) in [6, 6.07) is 9.19. The predicted octanol–water partition coefficient (Wildman–Crippen LogP) is 6.20. The van der Waals surface area contributed by atoms with Crippen molar-refractivity contribution in [2.24, 2.45) is 0 Å². The highest BCUT2D eigenvalue weighted by molar-refractivity contribution is 5.91. The number of alkyl halides is 6. The minimum absolute atomic E-state index is 0.249. The molecule has 0 aliphatic heterocycles. The molecule has 7 heteroatoms. The third kappa shape index (κ3) is 4.08. The van der Waals surface area contributed by atoms with Gasteiger partial charge in [-0.1, -0.05) is 50.2 Å². The number of hydrogen-bond acceptors (Lipinski definition) is 1. The number of rotatable bonds is 4. The molecule has 0 N–H and O–H groups in total. The summed E-state index contributed by atoms with van der Waals surface area (Å²) in [4.78, 5) is 12.7. The van der Waals surface area contributed by atoms with E-state index in [1.807, 2.05) is 0 Å². The topological polar surface area (TPSA) is 17.1 Å². The second-order valence-electron chi connectivity index (χ2n) is 6.02. The molecule has 2 rings (SSSR count). The Kier molecular flexibility index (Phi) is 5.49. The van der Waals surface area contributed by atoms with E-state index in [-0.39, 0.29) is 11.1 Å². The molecule has 2 unspecified atom stereocenters. The molecule has 0 saturated heterocycles. The van der Waals surface area contributed by atoms with Crippen LogP contribution in [-0.4, -0.2) is 5.78 Å². The standard InChI is InChI=1S/C19H16F6O/c1-11(13-7-3-5-9-15(13)18(20,21)22)17(26)12(2)14-8-4-6-10-16(14)19(23,24)25/h3-12H,1-2H3. The van der Waals surface area contributed by atoms with Crippen LogP contribution in [0.15, 0.2) is 48.5 Å². The minimum atomic E-state index is -4.65. The smallest absolute Gasteiger partial charge is 0.298 e. The zero-order chi connectivity index (χ0) is 19.7. The van der Waals surface area contributed by atoms with Gasteiger partial charge in [0.05, 0.1) is 11.1 Å². The monoisotopic (exact) mass is 374 g/mol. The van der Waals surface area contributed by atoms with Gasteiger partial charge in [0.1, 0.15) is 5.78 Å². The van der Waals surface area contributed by atoms with E-state index in [4.69, 9.17) is 0 Å². The Morgan fingerprint density at radius 3 is 1.31 bits per heavy atom. The number of Topliss-reactive ketones (excluding diaryl/α,β-unsaturated/α-hetero) is 1. The number of halogens is 6. The predicted molar refractivity (Wildman–Crippen MR) is 84.7 cm³/mol. The average Bonchev–Trinajstić information content (AvgIpc) is 2.58. The van der Waals surface area contributed by atoms with E-state index < -0.39 is 41.1 Å². The highest BCUT2D eigenvalue weighted by atomic mass is 19.4. The van der Waals surface area contributed by atoms with Gasteiger partial charge in [-0.25, -0.2) is 0 Å². The number of ketones is 1. The van der Waals surface area contributed by atoms with Crippen LogP contribution in [0, 0.1) is 0 Å². The highest BCUT2D eigenvalue weighted by Gasteiger charge is 2.38. The van der Waals surface area contributed by atoms with Crippen molar-refractivity contribution in [1.29, 1.82) is 0 Å². The number of benzene rings is 2. The molecular formula is C19H16F6O. The van der Waals surface area contributed by atoms with Crippen molar-refractivity contribution in [3.8, 4) is 0 Å². The first kappa shape index (κ1) is 20.0. The maximum absolute atomic E-state index is 13.2. The Labute approximate surface area is 146 Å². The lowest BCUT2D eigenvalue weighted by molar-refractivity contribution is -0.139. The van der Waals surface area contributed by atoms with E-state index in [0.29, 0.717) is 0 Å². The van der Waals surface area contributed by atoms with Crippen molar-refractivity contribution in [3.63, 3.8) is 0 Å². The normalized spacial score (nSPS) is 14.8. The van der Waals surface area contributed by atoms with Gasteiger partial charge in [0.2, 0.25) is 0 Å².